The molecule has 2 unspecified atom stereocenters. The molecule has 0 N–H and O–H groups in total. The zero-order chi connectivity index (χ0) is 22.4. The highest BCUT2D eigenvalue weighted by Gasteiger charge is 2.32. The number of benzene rings is 4. The van der Waals surface area contributed by atoms with Crippen molar-refractivity contribution in [2.75, 3.05) is 0 Å². The SMILES string of the molecule is CC1=Cc2c(-c3ccccc3)cccc2C1[SiH2]C1C(C)=Cc2c(-c3ccccc3)cccc21. The number of hydrogen-bond donors (Lipinski definition) is 0. The molecule has 0 aromatic heterocycles. The third-order valence-electron chi connectivity index (χ3n) is 7.51. The zero-order valence-corrected chi connectivity index (χ0v) is 20.7. The summed E-state index contributed by atoms with van der Waals surface area (Å²) in [5, 5.41) is 0. The molecule has 33 heavy (non-hydrogen) atoms. The van der Waals surface area contributed by atoms with Gasteiger partial charge in [-0.05, 0) is 69.4 Å². The number of allylic oxidation sites excluding steroid dienone is 2. The summed E-state index contributed by atoms with van der Waals surface area (Å²) in [6.07, 6.45) is 4.93. The molecule has 1 heteroatoms. The fourth-order valence-corrected chi connectivity index (χ4v) is 8.51. The first-order valence-corrected chi connectivity index (χ1v) is 13.6. The van der Waals surface area contributed by atoms with Crippen LogP contribution in [0.25, 0.3) is 34.4 Å². The van der Waals surface area contributed by atoms with Crippen molar-refractivity contribution in [2.24, 2.45) is 0 Å². The Labute approximate surface area is 199 Å². The summed E-state index contributed by atoms with van der Waals surface area (Å²) < 4.78 is 0. The number of fused-ring (bicyclic) bond motifs is 2. The molecule has 0 spiro atoms. The van der Waals surface area contributed by atoms with Crippen molar-refractivity contribution in [3.63, 3.8) is 0 Å². The number of rotatable bonds is 4. The summed E-state index contributed by atoms with van der Waals surface area (Å²) in [5.41, 5.74) is 15.6. The second-order valence-corrected chi connectivity index (χ2v) is 11.6. The molecule has 2 aliphatic rings. The van der Waals surface area contributed by atoms with Gasteiger partial charge in [0, 0.05) is 9.52 Å². The summed E-state index contributed by atoms with van der Waals surface area (Å²) in [5.74, 6) is 0. The fourth-order valence-electron chi connectivity index (χ4n) is 5.84. The molecule has 0 heterocycles. The van der Waals surface area contributed by atoms with E-state index in [0.29, 0.717) is 11.1 Å². The average Bonchev–Trinajstić information content (AvgIpc) is 3.36. The minimum absolute atomic E-state index is 0.476. The van der Waals surface area contributed by atoms with E-state index in [1.54, 1.807) is 22.3 Å². The van der Waals surface area contributed by atoms with Gasteiger partial charge in [-0.25, -0.2) is 0 Å². The molecule has 4 aromatic rings. The molecule has 0 saturated carbocycles. The second kappa shape index (κ2) is 8.17. The van der Waals surface area contributed by atoms with Crippen molar-refractivity contribution in [3.8, 4) is 22.3 Å². The predicted octanol–water partition coefficient (Wildman–Crippen LogP) is 7.81. The molecule has 0 fully saturated rings. The van der Waals surface area contributed by atoms with E-state index in [1.807, 2.05) is 0 Å². The first-order chi connectivity index (χ1) is 16.2. The maximum atomic E-state index is 2.46. The van der Waals surface area contributed by atoms with Crippen molar-refractivity contribution < 1.29 is 0 Å². The van der Waals surface area contributed by atoms with Gasteiger partial charge in [0.2, 0.25) is 0 Å². The predicted molar refractivity (Wildman–Crippen MR) is 145 cm³/mol. The Morgan fingerprint density at radius 3 is 1.33 bits per heavy atom. The smallest absolute Gasteiger partial charge is 0.0474 e. The first-order valence-electron chi connectivity index (χ1n) is 11.9. The van der Waals surface area contributed by atoms with Crippen LogP contribution in [0.1, 0.15) is 47.2 Å². The van der Waals surface area contributed by atoms with Gasteiger partial charge in [-0.2, -0.15) is 0 Å². The Kier molecular flexibility index (Phi) is 5.00. The molecule has 0 bridgehead atoms. The lowest BCUT2D eigenvalue weighted by atomic mass is 9.97. The van der Waals surface area contributed by atoms with Crippen LogP contribution in [0, 0.1) is 0 Å². The van der Waals surface area contributed by atoms with E-state index in [4.69, 9.17) is 0 Å². The maximum absolute atomic E-state index is 2.46. The van der Waals surface area contributed by atoms with Crippen LogP contribution in [0.4, 0.5) is 0 Å². The second-order valence-electron chi connectivity index (χ2n) is 9.47. The Hall–Kier alpha value is -3.42. The first kappa shape index (κ1) is 20.2. The minimum atomic E-state index is -0.476. The van der Waals surface area contributed by atoms with Crippen LogP contribution in [-0.2, 0) is 0 Å². The van der Waals surface area contributed by atoms with E-state index in [2.05, 4.69) is 123 Å². The normalized spacial score (nSPS) is 18.8. The molecule has 2 aliphatic carbocycles. The molecule has 0 nitrogen and oxygen atoms in total. The molecule has 4 aromatic carbocycles. The van der Waals surface area contributed by atoms with Gasteiger partial charge < -0.3 is 0 Å². The van der Waals surface area contributed by atoms with Gasteiger partial charge in [-0.1, -0.05) is 120 Å². The van der Waals surface area contributed by atoms with Crippen molar-refractivity contribution in [1.29, 1.82) is 0 Å². The molecule has 0 aliphatic heterocycles. The highest BCUT2D eigenvalue weighted by Crippen LogP contribution is 2.46. The van der Waals surface area contributed by atoms with Gasteiger partial charge in [-0.3, -0.25) is 0 Å². The molecule has 0 radical (unpaired) electrons. The summed E-state index contributed by atoms with van der Waals surface area (Å²) in [4.78, 5) is 0. The molecule has 6 rings (SSSR count). The van der Waals surface area contributed by atoms with E-state index in [9.17, 15) is 0 Å². The molecule has 0 amide bonds. The van der Waals surface area contributed by atoms with Crippen molar-refractivity contribution in [1.82, 2.24) is 0 Å². The summed E-state index contributed by atoms with van der Waals surface area (Å²) in [6.45, 7) is 4.70. The molecular weight excluding hydrogens is 412 g/mol. The lowest BCUT2D eigenvalue weighted by Gasteiger charge is -2.22. The zero-order valence-electron chi connectivity index (χ0n) is 19.3. The summed E-state index contributed by atoms with van der Waals surface area (Å²) >= 11 is 0. The Morgan fingerprint density at radius 2 is 0.909 bits per heavy atom. The molecule has 160 valence electrons. The molecule has 0 saturated heterocycles. The van der Waals surface area contributed by atoms with E-state index in [0.717, 1.165) is 0 Å². The van der Waals surface area contributed by atoms with Gasteiger partial charge >= 0.3 is 0 Å². The largest absolute Gasteiger partial charge is 0.0685 e. The summed E-state index contributed by atoms with van der Waals surface area (Å²) in [6, 6.07) is 35.5. The standard InChI is InChI=1S/C32H28Si/c1-21-19-29-25(23-11-5-3-6-12-23)15-9-17-27(29)31(21)33-32-22(2)20-30-26(16-10-18-28(30)32)24-13-7-4-8-14-24/h3-20,31-32H,33H2,1-2H3. The molecule has 2 atom stereocenters. The average molecular weight is 441 g/mol. The van der Waals surface area contributed by atoms with Crippen LogP contribution in [0.2, 0.25) is 0 Å². The van der Waals surface area contributed by atoms with Crippen molar-refractivity contribution in [3.05, 3.63) is 130 Å². The van der Waals surface area contributed by atoms with Gasteiger partial charge in [0.25, 0.3) is 0 Å². The Balaban J connectivity index is 1.37. The number of hydrogen-bond acceptors (Lipinski definition) is 0. The van der Waals surface area contributed by atoms with E-state index in [1.165, 1.54) is 33.4 Å². The lowest BCUT2D eigenvalue weighted by molar-refractivity contribution is 1.04. The highest BCUT2D eigenvalue weighted by molar-refractivity contribution is 6.44. The monoisotopic (exact) mass is 440 g/mol. The lowest BCUT2D eigenvalue weighted by Crippen LogP contribution is -2.16. The van der Waals surface area contributed by atoms with Crippen LogP contribution in [0.5, 0.6) is 0 Å². The van der Waals surface area contributed by atoms with Crippen LogP contribution in [0.3, 0.4) is 0 Å². The van der Waals surface area contributed by atoms with Crippen LogP contribution >= 0.6 is 0 Å². The van der Waals surface area contributed by atoms with E-state index >= 15 is 0 Å². The van der Waals surface area contributed by atoms with E-state index < -0.39 is 9.52 Å². The minimum Gasteiger partial charge on any atom is -0.0685 e. The molecular formula is C32H28Si. The summed E-state index contributed by atoms with van der Waals surface area (Å²) in [7, 11) is -0.476. The third kappa shape index (κ3) is 3.44. The fraction of sp³-hybridized carbons (Fsp3) is 0.125. The van der Waals surface area contributed by atoms with Crippen LogP contribution < -0.4 is 0 Å². The maximum Gasteiger partial charge on any atom is 0.0474 e. The third-order valence-corrected chi connectivity index (χ3v) is 10.6. The van der Waals surface area contributed by atoms with Crippen LogP contribution in [0.15, 0.2) is 108 Å². The Morgan fingerprint density at radius 1 is 0.485 bits per heavy atom. The van der Waals surface area contributed by atoms with Gasteiger partial charge in [0.1, 0.15) is 0 Å². The van der Waals surface area contributed by atoms with Crippen molar-refractivity contribution in [2.45, 2.75) is 24.9 Å². The topological polar surface area (TPSA) is 0 Å². The van der Waals surface area contributed by atoms with Crippen molar-refractivity contribution >= 4 is 21.7 Å². The van der Waals surface area contributed by atoms with Gasteiger partial charge in [0.05, 0.1) is 0 Å². The Bertz CT molecular complexity index is 1280. The van der Waals surface area contributed by atoms with Gasteiger partial charge in [-0.15, -0.1) is 0 Å². The van der Waals surface area contributed by atoms with Gasteiger partial charge in [0.15, 0.2) is 0 Å². The quantitative estimate of drug-likeness (QED) is 0.284. The van der Waals surface area contributed by atoms with Crippen LogP contribution in [-0.4, -0.2) is 9.52 Å². The van der Waals surface area contributed by atoms with E-state index in [-0.39, 0.29) is 0 Å². The highest BCUT2D eigenvalue weighted by atomic mass is 28.2.